The van der Waals surface area contributed by atoms with Crippen LogP contribution in [0.1, 0.15) is 25.0 Å². The number of benzene rings is 3. The highest BCUT2D eigenvalue weighted by Gasteiger charge is 2.30. The van der Waals surface area contributed by atoms with Gasteiger partial charge in [0.25, 0.3) is 5.91 Å². The maximum absolute atomic E-state index is 13.2. The fraction of sp³-hybridized carbons (Fsp3) is 0.192. The van der Waals surface area contributed by atoms with E-state index in [2.05, 4.69) is 15.4 Å². The molecule has 1 aliphatic heterocycles. The van der Waals surface area contributed by atoms with Gasteiger partial charge in [0.1, 0.15) is 0 Å². The number of anilines is 2. The zero-order valence-electron chi connectivity index (χ0n) is 20.8. The first-order valence-electron chi connectivity index (χ1n) is 11.5. The molecule has 0 aliphatic carbocycles. The topological polar surface area (TPSA) is 125 Å². The monoisotopic (exact) mass is 540 g/mol. The van der Waals surface area contributed by atoms with E-state index in [9.17, 15) is 21.6 Å². The number of carbonyl (C=O) groups is 1. The Morgan fingerprint density at radius 1 is 0.865 bits per heavy atom. The third kappa shape index (κ3) is 5.44. The second-order valence-electron chi connectivity index (χ2n) is 8.99. The van der Waals surface area contributed by atoms with Crippen LogP contribution in [0.3, 0.4) is 0 Å². The number of nitrogens with zero attached hydrogens (tertiary/aromatic N) is 1. The first-order valence-corrected chi connectivity index (χ1v) is 14.4. The third-order valence-electron chi connectivity index (χ3n) is 5.65. The zero-order chi connectivity index (χ0) is 27.0. The summed E-state index contributed by atoms with van der Waals surface area (Å²) in [6, 6.07) is 19.5. The molecule has 0 atom stereocenters. The molecule has 1 amide bonds. The molecule has 0 aromatic heterocycles. The molecule has 0 fully saturated rings. The Bertz CT molecular complexity index is 1580. The summed E-state index contributed by atoms with van der Waals surface area (Å²) in [7, 11) is -4.47. The van der Waals surface area contributed by atoms with Crippen molar-refractivity contribution >= 4 is 48.6 Å². The van der Waals surface area contributed by atoms with E-state index in [0.29, 0.717) is 28.2 Å². The molecule has 0 saturated heterocycles. The molecule has 11 heteroatoms. The third-order valence-corrected chi connectivity index (χ3v) is 9.14. The predicted molar refractivity (Wildman–Crippen MR) is 145 cm³/mol. The van der Waals surface area contributed by atoms with E-state index in [1.807, 2.05) is 30.3 Å². The van der Waals surface area contributed by atoms with Crippen molar-refractivity contribution in [3.8, 4) is 0 Å². The number of carbonyl (C=O) groups excluding carboxylic acids is 1. The summed E-state index contributed by atoms with van der Waals surface area (Å²) in [6.07, 6.45) is 0. The van der Waals surface area contributed by atoms with Crippen LogP contribution < -0.4 is 15.4 Å². The molecular formula is C26H28N4O5S2. The van der Waals surface area contributed by atoms with Crippen molar-refractivity contribution in [3.05, 3.63) is 83.9 Å². The van der Waals surface area contributed by atoms with Crippen molar-refractivity contribution < 1.29 is 21.6 Å². The lowest BCUT2D eigenvalue weighted by Crippen LogP contribution is -2.30. The average molecular weight is 541 g/mol. The van der Waals surface area contributed by atoms with Crippen molar-refractivity contribution in [2.75, 3.05) is 24.7 Å². The molecule has 1 aliphatic rings. The van der Waals surface area contributed by atoms with Crippen molar-refractivity contribution in [1.82, 2.24) is 9.03 Å². The van der Waals surface area contributed by atoms with Gasteiger partial charge >= 0.3 is 0 Å². The van der Waals surface area contributed by atoms with E-state index >= 15 is 0 Å². The van der Waals surface area contributed by atoms with Crippen LogP contribution in [0.4, 0.5) is 11.4 Å². The van der Waals surface area contributed by atoms with Gasteiger partial charge in [-0.15, -0.1) is 0 Å². The van der Waals surface area contributed by atoms with Gasteiger partial charge in [0.05, 0.1) is 21.1 Å². The summed E-state index contributed by atoms with van der Waals surface area (Å²) in [5.41, 5.74) is 2.90. The van der Waals surface area contributed by atoms with E-state index in [1.165, 1.54) is 38.4 Å². The summed E-state index contributed by atoms with van der Waals surface area (Å²) < 4.78 is 54.2. The molecule has 0 unspecified atom stereocenters. The fourth-order valence-electron chi connectivity index (χ4n) is 3.89. The maximum atomic E-state index is 13.2. The Hall–Kier alpha value is -3.51. The standard InChI is InChI=1S/C26H28N4O5S2/c1-17(2)29-36(32,33)21-14-15-23-22(16-21)24(26(31)28-23)25(18-8-6-5-7-9-18)27-19-10-12-20(13-11-19)37(34,35)30(3)4/h5-17,27,29H,1-4H3,(H,28,31)/b25-24-. The number of hydrogen-bond acceptors (Lipinski definition) is 6. The predicted octanol–water partition coefficient (Wildman–Crippen LogP) is 3.56. The summed E-state index contributed by atoms with van der Waals surface area (Å²) in [5, 5.41) is 6.06. The summed E-state index contributed by atoms with van der Waals surface area (Å²) in [4.78, 5) is 13.4. The van der Waals surface area contributed by atoms with Gasteiger partial charge in [-0.05, 0) is 61.9 Å². The van der Waals surface area contributed by atoms with Crippen LogP contribution in [0.2, 0.25) is 0 Å². The van der Waals surface area contributed by atoms with Crippen LogP contribution in [0.15, 0.2) is 82.6 Å². The highest BCUT2D eigenvalue weighted by Crippen LogP contribution is 2.38. The number of amides is 1. The fourth-order valence-corrected chi connectivity index (χ4v) is 6.07. The Labute approximate surface area is 217 Å². The van der Waals surface area contributed by atoms with Crippen LogP contribution >= 0.6 is 0 Å². The number of fused-ring (bicyclic) bond motifs is 1. The van der Waals surface area contributed by atoms with Crippen molar-refractivity contribution in [1.29, 1.82) is 0 Å². The van der Waals surface area contributed by atoms with E-state index in [4.69, 9.17) is 0 Å². The summed E-state index contributed by atoms with van der Waals surface area (Å²) >= 11 is 0. The van der Waals surface area contributed by atoms with E-state index in [1.54, 1.807) is 32.0 Å². The van der Waals surface area contributed by atoms with Crippen molar-refractivity contribution in [2.24, 2.45) is 0 Å². The minimum absolute atomic E-state index is 0.0413. The average Bonchev–Trinajstić information content (AvgIpc) is 3.17. The first-order chi connectivity index (χ1) is 17.4. The molecule has 0 saturated carbocycles. The Morgan fingerprint density at radius 2 is 1.49 bits per heavy atom. The van der Waals surface area contributed by atoms with Gasteiger partial charge < -0.3 is 10.6 Å². The molecule has 4 rings (SSSR count). The lowest BCUT2D eigenvalue weighted by molar-refractivity contribution is -0.110. The van der Waals surface area contributed by atoms with Gasteiger partial charge in [-0.3, -0.25) is 4.79 Å². The molecule has 0 radical (unpaired) electrons. The van der Waals surface area contributed by atoms with E-state index in [-0.39, 0.29) is 27.3 Å². The molecule has 9 nitrogen and oxygen atoms in total. The van der Waals surface area contributed by atoms with E-state index < -0.39 is 20.0 Å². The molecule has 0 bridgehead atoms. The number of nitrogens with one attached hydrogen (secondary N) is 3. The van der Waals surface area contributed by atoms with Gasteiger partial charge in [-0.1, -0.05) is 30.3 Å². The van der Waals surface area contributed by atoms with Crippen LogP contribution in [0.25, 0.3) is 11.3 Å². The van der Waals surface area contributed by atoms with Crippen LogP contribution in [0.5, 0.6) is 0 Å². The molecule has 0 spiro atoms. The van der Waals surface area contributed by atoms with Gasteiger partial charge in [0, 0.05) is 37.1 Å². The van der Waals surface area contributed by atoms with Gasteiger partial charge in [0.2, 0.25) is 20.0 Å². The molecule has 3 aromatic carbocycles. The van der Waals surface area contributed by atoms with Gasteiger partial charge in [-0.25, -0.2) is 25.9 Å². The van der Waals surface area contributed by atoms with E-state index in [0.717, 1.165) is 4.31 Å². The Morgan fingerprint density at radius 3 is 2.08 bits per heavy atom. The first kappa shape index (κ1) is 26.6. The van der Waals surface area contributed by atoms with Crippen LogP contribution in [-0.2, 0) is 24.8 Å². The smallest absolute Gasteiger partial charge is 0.258 e. The summed E-state index contributed by atoms with van der Waals surface area (Å²) in [6.45, 7) is 3.46. The van der Waals surface area contributed by atoms with Crippen molar-refractivity contribution in [3.63, 3.8) is 0 Å². The quantitative estimate of drug-likeness (QED) is 0.375. The second kappa shape index (κ2) is 10.1. The Kier molecular flexibility index (Phi) is 7.24. The molecule has 37 heavy (non-hydrogen) atoms. The lowest BCUT2D eigenvalue weighted by atomic mass is 10.00. The SMILES string of the molecule is CC(C)NS(=O)(=O)c1ccc2c(c1)/C(=C(/Nc1ccc(S(=O)(=O)N(C)C)cc1)c1ccccc1)C(=O)N2. The van der Waals surface area contributed by atoms with Gasteiger partial charge in [0.15, 0.2) is 0 Å². The highest BCUT2D eigenvalue weighted by molar-refractivity contribution is 7.89. The van der Waals surface area contributed by atoms with Crippen LogP contribution in [0, 0.1) is 0 Å². The molecular weight excluding hydrogens is 512 g/mol. The van der Waals surface area contributed by atoms with Crippen LogP contribution in [-0.4, -0.2) is 47.2 Å². The second-order valence-corrected chi connectivity index (χ2v) is 12.9. The number of sulfonamides is 2. The zero-order valence-corrected chi connectivity index (χ0v) is 22.4. The Balaban J connectivity index is 1.84. The maximum Gasteiger partial charge on any atom is 0.258 e. The van der Waals surface area contributed by atoms with Crippen molar-refractivity contribution in [2.45, 2.75) is 29.7 Å². The molecule has 3 N–H and O–H groups in total. The number of hydrogen-bond donors (Lipinski definition) is 3. The lowest BCUT2D eigenvalue weighted by Gasteiger charge is -2.16. The highest BCUT2D eigenvalue weighted by atomic mass is 32.2. The molecule has 194 valence electrons. The normalized spacial score (nSPS) is 15.0. The number of rotatable bonds is 8. The molecule has 1 heterocycles. The largest absolute Gasteiger partial charge is 0.354 e. The minimum atomic E-state index is -3.79. The van der Waals surface area contributed by atoms with Gasteiger partial charge in [-0.2, -0.15) is 0 Å². The minimum Gasteiger partial charge on any atom is -0.354 e. The summed E-state index contributed by atoms with van der Waals surface area (Å²) in [5.74, 6) is -0.389. The molecule has 3 aromatic rings.